The third kappa shape index (κ3) is 5.94. The van der Waals surface area contributed by atoms with E-state index in [-0.39, 0.29) is 36.3 Å². The number of halogens is 2. The lowest BCUT2D eigenvalue weighted by Crippen LogP contribution is -2.62. The molecule has 0 aromatic carbocycles. The zero-order chi connectivity index (χ0) is 28.4. The first kappa shape index (κ1) is 28.7. The third-order valence-electron chi connectivity index (χ3n) is 8.79. The van der Waals surface area contributed by atoms with Crippen LogP contribution in [0.25, 0.3) is 0 Å². The molecular formula is C26H39F2N9O3. The van der Waals surface area contributed by atoms with Crippen LogP contribution >= 0.6 is 0 Å². The normalized spacial score (nSPS) is 29.5. The molecule has 5 rings (SSSR count). The fourth-order valence-electron chi connectivity index (χ4n) is 6.74. The van der Waals surface area contributed by atoms with Gasteiger partial charge in [-0.3, -0.25) is 29.7 Å². The molecule has 0 spiro atoms. The number of nitroso groups, excluding NO2 is 1. The number of piperazine rings is 1. The minimum absolute atomic E-state index is 0.000320. The van der Waals surface area contributed by atoms with E-state index in [4.69, 9.17) is 5.73 Å². The Kier molecular flexibility index (Phi) is 8.88. The molecule has 40 heavy (non-hydrogen) atoms. The van der Waals surface area contributed by atoms with E-state index in [1.807, 2.05) is 4.90 Å². The maximum Gasteiger partial charge on any atom is 0.234 e. The first-order valence-corrected chi connectivity index (χ1v) is 14.1. The lowest BCUT2D eigenvalue weighted by molar-refractivity contribution is -0.135. The van der Waals surface area contributed by atoms with Gasteiger partial charge in [0.1, 0.15) is 17.8 Å². The van der Waals surface area contributed by atoms with Crippen LogP contribution < -0.4 is 21.3 Å². The van der Waals surface area contributed by atoms with E-state index in [0.29, 0.717) is 32.2 Å². The van der Waals surface area contributed by atoms with Gasteiger partial charge in [-0.1, -0.05) is 11.6 Å². The predicted octanol–water partition coefficient (Wildman–Crippen LogP) is 0.549. The molecule has 6 atom stereocenters. The highest BCUT2D eigenvalue weighted by Crippen LogP contribution is 2.33. The summed E-state index contributed by atoms with van der Waals surface area (Å²) in [6, 6.07) is 0.509. The third-order valence-corrected chi connectivity index (χ3v) is 8.79. The Balaban J connectivity index is 1.25. The van der Waals surface area contributed by atoms with Gasteiger partial charge in [-0.05, 0) is 32.9 Å². The molecule has 0 aliphatic carbocycles. The number of pyridine rings is 1. The van der Waals surface area contributed by atoms with Gasteiger partial charge in [0.25, 0.3) is 0 Å². The molecule has 220 valence electrons. The highest BCUT2D eigenvalue weighted by Gasteiger charge is 2.41. The van der Waals surface area contributed by atoms with E-state index < -0.39 is 36.1 Å². The Labute approximate surface area is 232 Å². The lowest BCUT2D eigenvalue weighted by Gasteiger charge is -2.40. The zero-order valence-electron chi connectivity index (χ0n) is 22.8. The number of carbonyl (C=O) groups is 2. The van der Waals surface area contributed by atoms with E-state index >= 15 is 4.39 Å². The molecule has 4 fully saturated rings. The van der Waals surface area contributed by atoms with E-state index in [9.17, 15) is 18.9 Å². The first-order chi connectivity index (χ1) is 19.3. The van der Waals surface area contributed by atoms with Crippen LogP contribution in [0.3, 0.4) is 0 Å². The Morgan fingerprint density at radius 2 is 1.95 bits per heavy atom. The lowest BCUT2D eigenvalue weighted by atomic mass is 9.98. The maximum absolute atomic E-state index is 15.1. The topological polar surface area (TPSA) is 140 Å². The van der Waals surface area contributed by atoms with Crippen molar-refractivity contribution in [1.82, 2.24) is 25.0 Å². The standard InChI is InChI=1S/C26H39F2N9O3/c1-34-15-17(27)11-31-24(34)21(23(29)33-40)25(38)32-20-13-30-12-19(28)22(20)35-6-8-36(9-7-35)26(39)16-10-18-4-2-3-5-37(18)14-16/h12-13,16-18,21,23-24,31H,2-11,14-15,29H2,1H3,(H,32,38). The van der Waals surface area contributed by atoms with Gasteiger partial charge in [-0.15, -0.1) is 4.91 Å². The van der Waals surface area contributed by atoms with E-state index in [2.05, 4.69) is 25.7 Å². The van der Waals surface area contributed by atoms with Crippen LogP contribution in [-0.4, -0.2) is 115 Å². The molecule has 1 aromatic rings. The largest absolute Gasteiger partial charge is 0.364 e. The minimum Gasteiger partial charge on any atom is -0.364 e. The van der Waals surface area contributed by atoms with E-state index in [0.717, 1.165) is 32.1 Å². The average Bonchev–Trinajstić information content (AvgIpc) is 3.38. The zero-order valence-corrected chi connectivity index (χ0v) is 22.8. The molecule has 0 saturated carbocycles. The van der Waals surface area contributed by atoms with Crippen molar-refractivity contribution in [3.63, 3.8) is 0 Å². The van der Waals surface area contributed by atoms with Gasteiger partial charge in [0, 0.05) is 51.9 Å². The number of nitrogens with two attached hydrogens (primary N) is 1. The van der Waals surface area contributed by atoms with Crippen LogP contribution in [0.2, 0.25) is 0 Å². The Bertz CT molecular complexity index is 1080. The van der Waals surface area contributed by atoms with Gasteiger partial charge in [0.05, 0.1) is 30.2 Å². The molecule has 4 saturated heterocycles. The van der Waals surface area contributed by atoms with Gasteiger partial charge >= 0.3 is 0 Å². The monoisotopic (exact) mass is 563 g/mol. The Morgan fingerprint density at radius 1 is 1.18 bits per heavy atom. The van der Waals surface area contributed by atoms with Crippen molar-refractivity contribution in [3.05, 3.63) is 23.1 Å². The maximum atomic E-state index is 15.1. The summed E-state index contributed by atoms with van der Waals surface area (Å²) in [5, 5.41) is 8.46. The molecule has 4 N–H and O–H groups in total. The summed E-state index contributed by atoms with van der Waals surface area (Å²) >= 11 is 0. The van der Waals surface area contributed by atoms with Gasteiger partial charge in [-0.2, -0.15) is 0 Å². The molecule has 5 heterocycles. The van der Waals surface area contributed by atoms with Crippen LogP contribution in [-0.2, 0) is 9.59 Å². The molecule has 6 unspecified atom stereocenters. The molecule has 12 nitrogen and oxygen atoms in total. The van der Waals surface area contributed by atoms with Crippen LogP contribution in [0.4, 0.5) is 20.2 Å². The van der Waals surface area contributed by atoms with E-state index in [1.54, 1.807) is 16.8 Å². The molecule has 4 aliphatic rings. The molecule has 0 radical (unpaired) electrons. The van der Waals surface area contributed by atoms with Crippen LogP contribution in [0, 0.1) is 22.6 Å². The van der Waals surface area contributed by atoms with Crippen LogP contribution in [0.5, 0.6) is 0 Å². The van der Waals surface area contributed by atoms with Crippen molar-refractivity contribution in [3.8, 4) is 0 Å². The number of fused-ring (bicyclic) bond motifs is 1. The second kappa shape index (κ2) is 12.4. The molecule has 1 aromatic heterocycles. The second-order valence-corrected chi connectivity index (χ2v) is 11.4. The quantitative estimate of drug-likeness (QED) is 0.406. The number of alkyl halides is 1. The van der Waals surface area contributed by atoms with Crippen molar-refractivity contribution in [2.45, 2.75) is 50.2 Å². The summed E-state index contributed by atoms with van der Waals surface area (Å²) in [7, 11) is 1.62. The van der Waals surface area contributed by atoms with Gasteiger partial charge in [-0.25, -0.2) is 8.78 Å². The highest BCUT2D eigenvalue weighted by atomic mass is 19.1. The van der Waals surface area contributed by atoms with Crippen molar-refractivity contribution in [2.75, 3.05) is 69.6 Å². The molecule has 2 amide bonds. The summed E-state index contributed by atoms with van der Waals surface area (Å²) in [4.78, 5) is 49.6. The predicted molar refractivity (Wildman–Crippen MR) is 146 cm³/mol. The number of amides is 2. The number of carbonyl (C=O) groups excluding carboxylic acids is 2. The van der Waals surface area contributed by atoms with Crippen LogP contribution in [0.1, 0.15) is 25.7 Å². The van der Waals surface area contributed by atoms with Gasteiger partial charge in [0.2, 0.25) is 11.8 Å². The molecular weight excluding hydrogens is 524 g/mol. The van der Waals surface area contributed by atoms with Crippen molar-refractivity contribution < 1.29 is 18.4 Å². The number of hydrogen-bond acceptors (Lipinski definition) is 10. The average molecular weight is 564 g/mol. The Morgan fingerprint density at radius 3 is 2.65 bits per heavy atom. The Hall–Kier alpha value is -2.81. The fraction of sp³-hybridized carbons (Fsp3) is 0.731. The summed E-state index contributed by atoms with van der Waals surface area (Å²) in [5.74, 6) is -2.27. The van der Waals surface area contributed by atoms with Crippen molar-refractivity contribution in [2.24, 2.45) is 22.7 Å². The number of rotatable bonds is 7. The number of anilines is 2. The second-order valence-electron chi connectivity index (χ2n) is 11.4. The molecule has 0 bridgehead atoms. The molecule has 4 aliphatic heterocycles. The van der Waals surface area contributed by atoms with Gasteiger partial charge in [0.15, 0.2) is 12.0 Å². The van der Waals surface area contributed by atoms with Crippen LogP contribution in [0.15, 0.2) is 17.6 Å². The van der Waals surface area contributed by atoms with Crippen molar-refractivity contribution >= 4 is 23.2 Å². The van der Waals surface area contributed by atoms with E-state index in [1.165, 1.54) is 19.0 Å². The number of hydrogen-bond donors (Lipinski definition) is 3. The van der Waals surface area contributed by atoms with Crippen molar-refractivity contribution in [1.29, 1.82) is 0 Å². The SMILES string of the molecule is CN1CC(F)CNC1C(C(=O)Nc1cncc(F)c1N1CCN(C(=O)C2CC3CCCCN3C2)CC1)C(N)N=O. The summed E-state index contributed by atoms with van der Waals surface area (Å²) in [6.45, 7) is 3.60. The number of nitrogens with one attached hydrogen (secondary N) is 2. The number of piperidine rings is 1. The first-order valence-electron chi connectivity index (χ1n) is 14.1. The highest BCUT2D eigenvalue weighted by molar-refractivity contribution is 5.96. The minimum atomic E-state index is -1.41. The van der Waals surface area contributed by atoms with Gasteiger partial charge < -0.3 is 20.9 Å². The smallest absolute Gasteiger partial charge is 0.234 e. The number of aromatic nitrogens is 1. The molecule has 14 heteroatoms. The number of nitrogens with zero attached hydrogens (tertiary/aromatic N) is 6. The summed E-state index contributed by atoms with van der Waals surface area (Å²) < 4.78 is 29.0. The summed E-state index contributed by atoms with van der Waals surface area (Å²) in [6.07, 6.45) is 3.61. The summed E-state index contributed by atoms with van der Waals surface area (Å²) in [5.41, 5.74) is 6.19. The fourth-order valence-corrected chi connectivity index (χ4v) is 6.74.